The number of fused-ring (bicyclic) bond motifs is 1. The molecule has 35 heavy (non-hydrogen) atoms. The zero-order valence-electron chi connectivity index (χ0n) is 19.9. The molecule has 3 aromatic carbocycles. The van der Waals surface area contributed by atoms with Crippen molar-refractivity contribution in [1.29, 1.82) is 0 Å². The van der Waals surface area contributed by atoms with Gasteiger partial charge in [-0.3, -0.25) is 4.79 Å². The van der Waals surface area contributed by atoms with Gasteiger partial charge in [-0.25, -0.2) is 9.37 Å². The molecular formula is C29H27ClFN3O. The standard InChI is InChI=1S/C29H27ClFN3O/c1-3-20-4-6-21(7-5-20)27-18-25(24-12-13-26(30)19(2)28(24)32-27)29(35)34-16-14-33(15-17-34)23-10-8-22(31)9-11-23/h4-13,18H,3,14-17H2,1-2H3. The minimum absolute atomic E-state index is 0.00990. The zero-order chi connectivity index (χ0) is 24.5. The van der Waals surface area contributed by atoms with E-state index in [0.717, 1.165) is 39.8 Å². The summed E-state index contributed by atoms with van der Waals surface area (Å²) in [5.74, 6) is -0.257. The summed E-state index contributed by atoms with van der Waals surface area (Å²) in [6.07, 6.45) is 0.966. The Morgan fingerprint density at radius 2 is 1.66 bits per heavy atom. The Kier molecular flexibility index (Phi) is 6.44. The van der Waals surface area contributed by atoms with Crippen LogP contribution in [0.3, 0.4) is 0 Å². The van der Waals surface area contributed by atoms with E-state index in [1.807, 2.05) is 30.0 Å². The third-order valence-electron chi connectivity index (χ3n) is 6.82. The predicted molar refractivity (Wildman–Crippen MR) is 141 cm³/mol. The van der Waals surface area contributed by atoms with Gasteiger partial charge in [0.25, 0.3) is 5.91 Å². The number of nitrogens with zero attached hydrogens (tertiary/aromatic N) is 3. The lowest BCUT2D eigenvalue weighted by atomic mass is 10.00. The Bertz CT molecular complexity index is 1380. The summed E-state index contributed by atoms with van der Waals surface area (Å²) < 4.78 is 13.3. The van der Waals surface area contributed by atoms with E-state index < -0.39 is 0 Å². The summed E-state index contributed by atoms with van der Waals surface area (Å²) in [6.45, 7) is 6.63. The molecular weight excluding hydrogens is 461 g/mol. The number of hydrogen-bond acceptors (Lipinski definition) is 3. The van der Waals surface area contributed by atoms with Crippen LogP contribution >= 0.6 is 11.6 Å². The van der Waals surface area contributed by atoms with E-state index in [1.165, 1.54) is 17.7 Å². The normalized spacial score (nSPS) is 13.9. The van der Waals surface area contributed by atoms with Crippen LogP contribution in [-0.4, -0.2) is 42.0 Å². The average molecular weight is 488 g/mol. The van der Waals surface area contributed by atoms with Crippen LogP contribution < -0.4 is 4.90 Å². The van der Waals surface area contributed by atoms with Gasteiger partial charge in [0.1, 0.15) is 5.82 Å². The number of hydrogen-bond donors (Lipinski definition) is 0. The monoisotopic (exact) mass is 487 g/mol. The van der Waals surface area contributed by atoms with Crippen molar-refractivity contribution in [2.75, 3.05) is 31.1 Å². The molecule has 1 fully saturated rings. The molecule has 1 amide bonds. The molecule has 4 nitrogen and oxygen atoms in total. The Labute approximate surface area is 210 Å². The van der Waals surface area contributed by atoms with Crippen molar-refractivity contribution in [3.63, 3.8) is 0 Å². The molecule has 0 N–H and O–H groups in total. The van der Waals surface area contributed by atoms with E-state index >= 15 is 0 Å². The number of halogens is 2. The van der Waals surface area contributed by atoms with Gasteiger partial charge in [0.2, 0.25) is 0 Å². The van der Waals surface area contributed by atoms with Gasteiger partial charge in [0, 0.05) is 47.8 Å². The van der Waals surface area contributed by atoms with E-state index in [0.29, 0.717) is 36.8 Å². The molecule has 1 aromatic heterocycles. The number of amides is 1. The highest BCUT2D eigenvalue weighted by Crippen LogP contribution is 2.31. The Morgan fingerprint density at radius 1 is 0.971 bits per heavy atom. The van der Waals surface area contributed by atoms with E-state index in [9.17, 15) is 9.18 Å². The largest absolute Gasteiger partial charge is 0.368 e. The fourth-order valence-corrected chi connectivity index (χ4v) is 4.78. The SMILES string of the molecule is CCc1ccc(-c2cc(C(=O)N3CCN(c4ccc(F)cc4)CC3)c3ccc(Cl)c(C)c3n2)cc1. The maximum atomic E-state index is 13.8. The number of anilines is 1. The predicted octanol–water partition coefficient (Wildman–Crippen LogP) is 6.53. The molecule has 1 saturated heterocycles. The van der Waals surface area contributed by atoms with Crippen LogP contribution in [-0.2, 0) is 6.42 Å². The number of aryl methyl sites for hydroxylation is 2. The Balaban J connectivity index is 1.48. The minimum atomic E-state index is -0.248. The highest BCUT2D eigenvalue weighted by Gasteiger charge is 2.25. The highest BCUT2D eigenvalue weighted by atomic mass is 35.5. The maximum absolute atomic E-state index is 13.8. The zero-order valence-corrected chi connectivity index (χ0v) is 20.6. The summed E-state index contributed by atoms with van der Waals surface area (Å²) in [5.41, 5.74) is 6.21. The van der Waals surface area contributed by atoms with Crippen LogP contribution in [0.4, 0.5) is 10.1 Å². The van der Waals surface area contributed by atoms with Gasteiger partial charge in [-0.1, -0.05) is 48.9 Å². The molecule has 5 rings (SSSR count). The second-order valence-corrected chi connectivity index (χ2v) is 9.34. The minimum Gasteiger partial charge on any atom is -0.368 e. The number of rotatable bonds is 4. The molecule has 0 saturated carbocycles. The molecule has 0 unspecified atom stereocenters. The molecule has 0 aliphatic carbocycles. The first-order valence-electron chi connectivity index (χ1n) is 11.9. The molecule has 2 heterocycles. The molecule has 178 valence electrons. The van der Waals surface area contributed by atoms with Gasteiger partial charge in [-0.05, 0) is 60.9 Å². The van der Waals surface area contributed by atoms with Crippen LogP contribution in [0.1, 0.15) is 28.4 Å². The van der Waals surface area contributed by atoms with Crippen LogP contribution in [0.5, 0.6) is 0 Å². The van der Waals surface area contributed by atoms with Gasteiger partial charge < -0.3 is 9.80 Å². The number of piperazine rings is 1. The number of carbonyl (C=O) groups excluding carboxylic acids is 1. The third-order valence-corrected chi connectivity index (χ3v) is 7.22. The molecule has 1 aliphatic rings. The van der Waals surface area contributed by atoms with Crippen molar-refractivity contribution in [3.05, 3.63) is 94.3 Å². The van der Waals surface area contributed by atoms with Gasteiger partial charge in [0.05, 0.1) is 16.8 Å². The van der Waals surface area contributed by atoms with Crippen LogP contribution in [0.25, 0.3) is 22.2 Å². The summed E-state index contributed by atoms with van der Waals surface area (Å²) in [7, 11) is 0. The van der Waals surface area contributed by atoms with Crippen molar-refractivity contribution in [1.82, 2.24) is 9.88 Å². The van der Waals surface area contributed by atoms with Crippen molar-refractivity contribution in [2.45, 2.75) is 20.3 Å². The second-order valence-electron chi connectivity index (χ2n) is 8.93. The second kappa shape index (κ2) is 9.67. The molecule has 0 spiro atoms. The number of carbonyl (C=O) groups is 1. The van der Waals surface area contributed by atoms with Crippen molar-refractivity contribution >= 4 is 34.1 Å². The number of benzene rings is 3. The van der Waals surface area contributed by atoms with Gasteiger partial charge >= 0.3 is 0 Å². The van der Waals surface area contributed by atoms with Crippen LogP contribution in [0.15, 0.2) is 66.7 Å². The van der Waals surface area contributed by atoms with Gasteiger partial charge in [-0.15, -0.1) is 0 Å². The quantitative estimate of drug-likeness (QED) is 0.328. The van der Waals surface area contributed by atoms with E-state index in [-0.39, 0.29) is 11.7 Å². The Hall–Kier alpha value is -3.44. The molecule has 6 heteroatoms. The van der Waals surface area contributed by atoms with Crippen molar-refractivity contribution in [2.24, 2.45) is 0 Å². The first-order valence-corrected chi connectivity index (χ1v) is 12.3. The van der Waals surface area contributed by atoms with Gasteiger partial charge in [0.15, 0.2) is 0 Å². The smallest absolute Gasteiger partial charge is 0.254 e. The molecule has 1 aliphatic heterocycles. The summed E-state index contributed by atoms with van der Waals surface area (Å²) in [6, 6.07) is 20.5. The van der Waals surface area contributed by atoms with Crippen molar-refractivity contribution < 1.29 is 9.18 Å². The van der Waals surface area contributed by atoms with E-state index in [2.05, 4.69) is 36.1 Å². The van der Waals surface area contributed by atoms with Crippen molar-refractivity contribution in [3.8, 4) is 11.3 Å². The maximum Gasteiger partial charge on any atom is 0.254 e. The summed E-state index contributed by atoms with van der Waals surface area (Å²) >= 11 is 6.43. The van der Waals surface area contributed by atoms with Gasteiger partial charge in [-0.2, -0.15) is 0 Å². The van der Waals surface area contributed by atoms with Crippen LogP contribution in [0, 0.1) is 12.7 Å². The summed E-state index contributed by atoms with van der Waals surface area (Å²) in [4.78, 5) is 22.8. The number of aromatic nitrogens is 1. The first-order chi connectivity index (χ1) is 16.9. The lowest BCUT2D eigenvalue weighted by Crippen LogP contribution is -2.48. The molecule has 0 bridgehead atoms. The lowest BCUT2D eigenvalue weighted by Gasteiger charge is -2.36. The fourth-order valence-electron chi connectivity index (χ4n) is 4.63. The topological polar surface area (TPSA) is 36.4 Å². The molecule has 0 radical (unpaired) electrons. The Morgan fingerprint density at radius 3 is 2.31 bits per heavy atom. The van der Waals surface area contributed by atoms with E-state index in [1.54, 1.807) is 12.1 Å². The summed E-state index contributed by atoms with van der Waals surface area (Å²) in [5, 5.41) is 1.45. The average Bonchev–Trinajstić information content (AvgIpc) is 2.90. The molecule has 4 aromatic rings. The number of pyridine rings is 1. The fraction of sp³-hybridized carbons (Fsp3) is 0.241. The third kappa shape index (κ3) is 4.61. The first kappa shape index (κ1) is 23.3. The molecule has 0 atom stereocenters. The lowest BCUT2D eigenvalue weighted by molar-refractivity contribution is 0.0748. The highest BCUT2D eigenvalue weighted by molar-refractivity contribution is 6.32. The van der Waals surface area contributed by atoms with Crippen LogP contribution in [0.2, 0.25) is 5.02 Å². The van der Waals surface area contributed by atoms with E-state index in [4.69, 9.17) is 16.6 Å².